The third-order valence-electron chi connectivity index (χ3n) is 2.28. The van der Waals surface area contributed by atoms with Crippen LogP contribution in [0.25, 0.3) is 0 Å². The summed E-state index contributed by atoms with van der Waals surface area (Å²) >= 11 is 0. The number of amides is 1. The van der Waals surface area contributed by atoms with Crippen molar-refractivity contribution < 1.29 is 9.21 Å². The minimum absolute atomic E-state index is 0.196. The molecule has 0 aliphatic rings. The van der Waals surface area contributed by atoms with Crippen molar-refractivity contribution in [2.45, 2.75) is 6.04 Å². The highest BCUT2D eigenvalue weighted by molar-refractivity contribution is 5.91. The van der Waals surface area contributed by atoms with Crippen LogP contribution in [0.2, 0.25) is 0 Å². The number of hydrogen-bond donors (Lipinski definition) is 1. The summed E-state index contributed by atoms with van der Waals surface area (Å²) in [6.45, 7) is 0. The van der Waals surface area contributed by atoms with E-state index in [0.717, 1.165) is 5.56 Å². The number of nitriles is 1. The minimum atomic E-state index is -0.672. The molecule has 0 bridgehead atoms. The zero-order valence-electron chi connectivity index (χ0n) is 8.96. The number of carbonyl (C=O) groups excluding carboxylic acids is 1. The third-order valence-corrected chi connectivity index (χ3v) is 2.28. The standard InChI is InChI=1S/C13H10N2O2/c14-9-11(10-5-2-1-3-6-10)15-13(16)12-7-4-8-17-12/h1-8,11H,(H,15,16). The summed E-state index contributed by atoms with van der Waals surface area (Å²) in [7, 11) is 0. The fourth-order valence-electron chi connectivity index (χ4n) is 1.45. The van der Waals surface area contributed by atoms with Crippen molar-refractivity contribution in [3.05, 3.63) is 60.1 Å². The van der Waals surface area contributed by atoms with E-state index < -0.39 is 11.9 Å². The highest BCUT2D eigenvalue weighted by atomic mass is 16.3. The van der Waals surface area contributed by atoms with E-state index in [-0.39, 0.29) is 5.76 Å². The van der Waals surface area contributed by atoms with Gasteiger partial charge >= 0.3 is 0 Å². The zero-order valence-corrected chi connectivity index (χ0v) is 8.96. The summed E-state index contributed by atoms with van der Waals surface area (Å²) in [5, 5.41) is 11.6. The van der Waals surface area contributed by atoms with Crippen LogP contribution in [-0.2, 0) is 0 Å². The molecule has 0 aliphatic carbocycles. The molecule has 0 spiro atoms. The normalized spacial score (nSPS) is 11.5. The highest BCUT2D eigenvalue weighted by Gasteiger charge is 2.16. The molecule has 1 aromatic carbocycles. The van der Waals surface area contributed by atoms with Gasteiger partial charge in [0, 0.05) is 0 Å². The van der Waals surface area contributed by atoms with Crippen LogP contribution in [0.15, 0.2) is 53.1 Å². The third kappa shape index (κ3) is 2.52. The van der Waals surface area contributed by atoms with Crippen LogP contribution < -0.4 is 5.32 Å². The second-order valence-electron chi connectivity index (χ2n) is 3.42. The Labute approximate surface area is 98.5 Å². The van der Waals surface area contributed by atoms with Gasteiger partial charge in [-0.2, -0.15) is 5.26 Å². The maximum atomic E-state index is 11.7. The van der Waals surface area contributed by atoms with E-state index >= 15 is 0 Å². The van der Waals surface area contributed by atoms with Gasteiger partial charge in [0.2, 0.25) is 0 Å². The second-order valence-corrected chi connectivity index (χ2v) is 3.42. The zero-order chi connectivity index (χ0) is 12.1. The van der Waals surface area contributed by atoms with Gasteiger partial charge < -0.3 is 9.73 Å². The van der Waals surface area contributed by atoms with E-state index in [1.54, 1.807) is 24.3 Å². The molecule has 0 fully saturated rings. The first kappa shape index (κ1) is 11.0. The van der Waals surface area contributed by atoms with Crippen LogP contribution in [0.3, 0.4) is 0 Å². The molecule has 0 saturated carbocycles. The Morgan fingerprint density at radius 3 is 2.59 bits per heavy atom. The van der Waals surface area contributed by atoms with Crippen LogP contribution in [-0.4, -0.2) is 5.91 Å². The van der Waals surface area contributed by atoms with E-state index in [4.69, 9.17) is 9.68 Å². The summed E-state index contributed by atoms with van der Waals surface area (Å²) < 4.78 is 4.96. The van der Waals surface area contributed by atoms with Gasteiger partial charge in [0.25, 0.3) is 5.91 Å². The lowest BCUT2D eigenvalue weighted by Crippen LogP contribution is -2.27. The minimum Gasteiger partial charge on any atom is -0.459 e. The molecule has 0 radical (unpaired) electrons. The van der Waals surface area contributed by atoms with Gasteiger partial charge in [-0.1, -0.05) is 30.3 Å². The molecule has 1 amide bonds. The quantitative estimate of drug-likeness (QED) is 0.873. The maximum absolute atomic E-state index is 11.7. The highest BCUT2D eigenvalue weighted by Crippen LogP contribution is 2.12. The molecule has 1 aromatic heterocycles. The Morgan fingerprint density at radius 1 is 1.24 bits per heavy atom. The van der Waals surface area contributed by atoms with Crippen molar-refractivity contribution in [2.75, 3.05) is 0 Å². The number of carbonyl (C=O) groups is 1. The van der Waals surface area contributed by atoms with Crippen LogP contribution in [0.4, 0.5) is 0 Å². The van der Waals surface area contributed by atoms with E-state index in [2.05, 4.69) is 5.32 Å². The lowest BCUT2D eigenvalue weighted by molar-refractivity contribution is 0.0917. The molecule has 2 aromatic rings. The molecule has 1 heterocycles. The van der Waals surface area contributed by atoms with E-state index in [1.807, 2.05) is 24.3 Å². The van der Waals surface area contributed by atoms with Crippen molar-refractivity contribution in [2.24, 2.45) is 0 Å². The lowest BCUT2D eigenvalue weighted by atomic mass is 10.1. The molecule has 1 N–H and O–H groups in total. The molecule has 0 saturated heterocycles. The van der Waals surface area contributed by atoms with Crippen LogP contribution in [0.1, 0.15) is 22.2 Å². The molecule has 1 atom stereocenters. The first-order valence-electron chi connectivity index (χ1n) is 5.10. The molecular weight excluding hydrogens is 216 g/mol. The fourth-order valence-corrected chi connectivity index (χ4v) is 1.45. The summed E-state index contributed by atoms with van der Waals surface area (Å²) in [5.41, 5.74) is 0.745. The number of rotatable bonds is 3. The Balaban J connectivity index is 2.12. The summed E-state index contributed by atoms with van der Waals surface area (Å²) in [6.07, 6.45) is 1.42. The molecule has 1 unspecified atom stereocenters. The monoisotopic (exact) mass is 226 g/mol. The Bertz CT molecular complexity index is 526. The van der Waals surface area contributed by atoms with Crippen molar-refractivity contribution >= 4 is 5.91 Å². The van der Waals surface area contributed by atoms with Crippen molar-refractivity contribution in [1.82, 2.24) is 5.32 Å². The number of nitrogens with zero attached hydrogens (tertiary/aromatic N) is 1. The van der Waals surface area contributed by atoms with E-state index in [9.17, 15) is 4.79 Å². The van der Waals surface area contributed by atoms with Crippen LogP contribution >= 0.6 is 0 Å². The largest absolute Gasteiger partial charge is 0.459 e. The van der Waals surface area contributed by atoms with Gasteiger partial charge in [-0.3, -0.25) is 4.79 Å². The molecule has 0 aliphatic heterocycles. The number of nitrogens with one attached hydrogen (secondary N) is 1. The predicted octanol–water partition coefficient (Wildman–Crippen LogP) is 2.27. The predicted molar refractivity (Wildman–Crippen MR) is 61.0 cm³/mol. The summed E-state index contributed by atoms with van der Waals surface area (Å²) in [4.78, 5) is 11.7. The Morgan fingerprint density at radius 2 is 2.00 bits per heavy atom. The van der Waals surface area contributed by atoms with E-state index in [0.29, 0.717) is 0 Å². The summed E-state index contributed by atoms with van der Waals surface area (Å²) in [6, 6.07) is 13.6. The smallest absolute Gasteiger partial charge is 0.288 e. The topological polar surface area (TPSA) is 66.0 Å². The first-order valence-corrected chi connectivity index (χ1v) is 5.10. The summed E-state index contributed by atoms with van der Waals surface area (Å²) in [5.74, 6) is -0.202. The van der Waals surface area contributed by atoms with Gasteiger partial charge in [-0.25, -0.2) is 0 Å². The molecular formula is C13H10N2O2. The first-order chi connectivity index (χ1) is 8.31. The number of benzene rings is 1. The van der Waals surface area contributed by atoms with Crippen molar-refractivity contribution in [1.29, 1.82) is 5.26 Å². The number of furan rings is 1. The van der Waals surface area contributed by atoms with Gasteiger partial charge in [0.1, 0.15) is 6.04 Å². The average Bonchev–Trinajstić information content (AvgIpc) is 2.90. The average molecular weight is 226 g/mol. The number of hydrogen-bond acceptors (Lipinski definition) is 3. The Kier molecular flexibility index (Phi) is 3.22. The molecule has 17 heavy (non-hydrogen) atoms. The van der Waals surface area contributed by atoms with Gasteiger partial charge in [-0.05, 0) is 17.7 Å². The molecule has 84 valence electrons. The maximum Gasteiger partial charge on any atom is 0.288 e. The van der Waals surface area contributed by atoms with Crippen LogP contribution in [0.5, 0.6) is 0 Å². The van der Waals surface area contributed by atoms with Gasteiger partial charge in [0.05, 0.1) is 12.3 Å². The molecule has 4 heteroatoms. The van der Waals surface area contributed by atoms with Crippen LogP contribution in [0, 0.1) is 11.3 Å². The second kappa shape index (κ2) is 4.99. The van der Waals surface area contributed by atoms with E-state index in [1.165, 1.54) is 6.26 Å². The van der Waals surface area contributed by atoms with Gasteiger partial charge in [-0.15, -0.1) is 0 Å². The fraction of sp³-hybridized carbons (Fsp3) is 0.0769. The molecule has 4 nitrogen and oxygen atoms in total. The van der Waals surface area contributed by atoms with Crippen molar-refractivity contribution in [3.8, 4) is 6.07 Å². The van der Waals surface area contributed by atoms with Gasteiger partial charge in [0.15, 0.2) is 5.76 Å². The lowest BCUT2D eigenvalue weighted by Gasteiger charge is -2.10. The van der Waals surface area contributed by atoms with Crippen molar-refractivity contribution in [3.63, 3.8) is 0 Å². The Hall–Kier alpha value is -2.54. The SMILES string of the molecule is N#CC(NC(=O)c1ccco1)c1ccccc1. The molecule has 2 rings (SSSR count).